The van der Waals surface area contributed by atoms with Gasteiger partial charge in [-0.2, -0.15) is 5.10 Å². The highest BCUT2D eigenvalue weighted by molar-refractivity contribution is 9.10. The Bertz CT molecular complexity index is 776. The van der Waals surface area contributed by atoms with Gasteiger partial charge in [-0.25, -0.2) is 5.43 Å². The van der Waals surface area contributed by atoms with Crippen LogP contribution in [0.1, 0.15) is 19.4 Å². The lowest BCUT2D eigenvalue weighted by molar-refractivity contribution is -0.123. The number of ether oxygens (including phenoxy) is 1. The summed E-state index contributed by atoms with van der Waals surface area (Å²) in [6, 6.07) is 12.6. The van der Waals surface area contributed by atoms with Crippen LogP contribution in [0.2, 0.25) is 0 Å². The Kier molecular flexibility index (Phi) is 7.47. The standard InChI is InChI=1S/C19H22BrN3O3/c1-3-23(4-2)16-9-8-14(18(24)11-16)12-21-22-19(25)13-26-17-7-5-6-15(20)10-17/h5-12,24H,3-4,13H2,1-2H3,(H,22,25)/b21-12+. The fraction of sp³-hybridized carbons (Fsp3) is 0.263. The van der Waals surface area contributed by atoms with Gasteiger partial charge in [-0.3, -0.25) is 4.79 Å². The highest BCUT2D eigenvalue weighted by atomic mass is 79.9. The molecular formula is C19H22BrN3O3. The van der Waals surface area contributed by atoms with Gasteiger partial charge in [-0.15, -0.1) is 0 Å². The van der Waals surface area contributed by atoms with E-state index in [1.807, 2.05) is 18.2 Å². The van der Waals surface area contributed by atoms with Crippen LogP contribution in [0.15, 0.2) is 52.0 Å². The van der Waals surface area contributed by atoms with E-state index in [2.05, 4.69) is 45.2 Å². The second-order valence-electron chi connectivity index (χ2n) is 5.45. The first-order valence-electron chi connectivity index (χ1n) is 8.31. The molecule has 26 heavy (non-hydrogen) atoms. The molecule has 2 aromatic carbocycles. The van der Waals surface area contributed by atoms with Gasteiger partial charge in [-0.05, 0) is 44.2 Å². The minimum atomic E-state index is -0.388. The Morgan fingerprint density at radius 1 is 1.27 bits per heavy atom. The average Bonchev–Trinajstić information content (AvgIpc) is 2.63. The first-order chi connectivity index (χ1) is 12.5. The number of carbonyl (C=O) groups excluding carboxylic acids is 1. The highest BCUT2D eigenvalue weighted by Crippen LogP contribution is 2.23. The minimum absolute atomic E-state index is 0.109. The van der Waals surface area contributed by atoms with E-state index in [9.17, 15) is 9.90 Å². The van der Waals surface area contributed by atoms with Crippen LogP contribution in [0.5, 0.6) is 11.5 Å². The number of amides is 1. The number of carbonyl (C=O) groups is 1. The van der Waals surface area contributed by atoms with Gasteiger partial charge in [0.15, 0.2) is 6.61 Å². The zero-order valence-corrected chi connectivity index (χ0v) is 16.4. The van der Waals surface area contributed by atoms with Crippen molar-refractivity contribution in [1.29, 1.82) is 0 Å². The number of phenolic OH excluding ortho intramolecular Hbond substituents is 1. The minimum Gasteiger partial charge on any atom is -0.507 e. The molecule has 138 valence electrons. The number of rotatable bonds is 8. The van der Waals surface area contributed by atoms with E-state index in [1.165, 1.54) is 6.21 Å². The number of hydrogen-bond acceptors (Lipinski definition) is 5. The predicted octanol–water partition coefficient (Wildman–Crippen LogP) is 3.53. The molecule has 0 bridgehead atoms. The van der Waals surface area contributed by atoms with Crippen molar-refractivity contribution in [2.75, 3.05) is 24.6 Å². The third-order valence-corrected chi connectivity index (χ3v) is 4.19. The van der Waals surface area contributed by atoms with E-state index in [-0.39, 0.29) is 18.3 Å². The molecule has 0 unspecified atom stereocenters. The van der Waals surface area contributed by atoms with Crippen LogP contribution in [0.25, 0.3) is 0 Å². The van der Waals surface area contributed by atoms with E-state index >= 15 is 0 Å². The lowest BCUT2D eigenvalue weighted by atomic mass is 10.2. The van der Waals surface area contributed by atoms with Crippen LogP contribution in [0.4, 0.5) is 5.69 Å². The zero-order valence-electron chi connectivity index (χ0n) is 14.8. The second kappa shape index (κ2) is 9.82. The summed E-state index contributed by atoms with van der Waals surface area (Å²) < 4.78 is 6.24. The Morgan fingerprint density at radius 2 is 2.04 bits per heavy atom. The lowest BCUT2D eigenvalue weighted by Crippen LogP contribution is -2.24. The number of aromatic hydroxyl groups is 1. The van der Waals surface area contributed by atoms with Crippen molar-refractivity contribution in [1.82, 2.24) is 5.43 Å². The largest absolute Gasteiger partial charge is 0.507 e. The quantitative estimate of drug-likeness (QED) is 0.506. The number of benzene rings is 2. The van der Waals surface area contributed by atoms with Crippen LogP contribution in [-0.4, -0.2) is 36.9 Å². The van der Waals surface area contributed by atoms with Crippen molar-refractivity contribution in [3.63, 3.8) is 0 Å². The van der Waals surface area contributed by atoms with E-state index < -0.39 is 0 Å². The summed E-state index contributed by atoms with van der Waals surface area (Å²) in [6.45, 7) is 5.68. The first-order valence-corrected chi connectivity index (χ1v) is 9.11. The predicted molar refractivity (Wildman–Crippen MR) is 107 cm³/mol. The molecule has 0 aliphatic heterocycles. The molecular weight excluding hydrogens is 398 g/mol. The fourth-order valence-corrected chi connectivity index (χ4v) is 2.72. The number of phenols is 1. The monoisotopic (exact) mass is 419 g/mol. The van der Waals surface area contributed by atoms with Gasteiger partial charge in [-0.1, -0.05) is 22.0 Å². The normalized spacial score (nSPS) is 10.7. The Labute approximate surface area is 161 Å². The molecule has 0 aliphatic carbocycles. The van der Waals surface area contributed by atoms with E-state index in [0.29, 0.717) is 11.3 Å². The Balaban J connectivity index is 1.88. The summed E-state index contributed by atoms with van der Waals surface area (Å²) in [5, 5.41) is 14.0. The fourth-order valence-electron chi connectivity index (χ4n) is 2.34. The lowest BCUT2D eigenvalue weighted by Gasteiger charge is -2.21. The molecule has 2 rings (SSSR count). The summed E-state index contributed by atoms with van der Waals surface area (Å²) >= 11 is 3.34. The van der Waals surface area contributed by atoms with Gasteiger partial charge in [0.1, 0.15) is 11.5 Å². The highest BCUT2D eigenvalue weighted by Gasteiger charge is 2.06. The van der Waals surface area contributed by atoms with E-state index in [0.717, 1.165) is 23.2 Å². The molecule has 0 aliphatic rings. The molecule has 7 heteroatoms. The summed E-state index contributed by atoms with van der Waals surface area (Å²) in [5.74, 6) is 0.307. The van der Waals surface area contributed by atoms with Crippen molar-refractivity contribution >= 4 is 33.7 Å². The Hall–Kier alpha value is -2.54. The van der Waals surface area contributed by atoms with Crippen LogP contribution in [0.3, 0.4) is 0 Å². The maximum atomic E-state index is 11.8. The molecule has 0 aromatic heterocycles. The molecule has 1 amide bonds. The molecule has 0 saturated carbocycles. The van der Waals surface area contributed by atoms with Gasteiger partial charge in [0.25, 0.3) is 5.91 Å². The van der Waals surface area contributed by atoms with Gasteiger partial charge >= 0.3 is 0 Å². The molecule has 6 nitrogen and oxygen atoms in total. The van der Waals surface area contributed by atoms with Crippen LogP contribution in [-0.2, 0) is 4.79 Å². The van der Waals surface area contributed by atoms with Gasteiger partial charge < -0.3 is 14.7 Å². The topological polar surface area (TPSA) is 74.2 Å². The number of anilines is 1. The maximum absolute atomic E-state index is 11.8. The molecule has 2 N–H and O–H groups in total. The smallest absolute Gasteiger partial charge is 0.277 e. The van der Waals surface area contributed by atoms with Crippen molar-refractivity contribution in [2.24, 2.45) is 5.10 Å². The zero-order chi connectivity index (χ0) is 18.9. The second-order valence-corrected chi connectivity index (χ2v) is 6.37. The number of nitrogens with one attached hydrogen (secondary N) is 1. The van der Waals surface area contributed by atoms with Crippen LogP contribution >= 0.6 is 15.9 Å². The van der Waals surface area contributed by atoms with Gasteiger partial charge in [0.2, 0.25) is 0 Å². The maximum Gasteiger partial charge on any atom is 0.277 e. The molecule has 0 fully saturated rings. The summed E-state index contributed by atoms with van der Waals surface area (Å²) in [7, 11) is 0. The summed E-state index contributed by atoms with van der Waals surface area (Å²) in [6.07, 6.45) is 1.40. The molecule has 0 spiro atoms. The van der Waals surface area contributed by atoms with E-state index in [1.54, 1.807) is 24.3 Å². The molecule has 0 atom stereocenters. The van der Waals surface area contributed by atoms with Gasteiger partial charge in [0, 0.05) is 34.9 Å². The van der Waals surface area contributed by atoms with E-state index in [4.69, 9.17) is 4.74 Å². The van der Waals surface area contributed by atoms with Crippen molar-refractivity contribution < 1.29 is 14.6 Å². The molecule has 2 aromatic rings. The SMILES string of the molecule is CCN(CC)c1ccc(/C=N/NC(=O)COc2cccc(Br)c2)c(O)c1. The molecule has 0 saturated heterocycles. The molecule has 0 radical (unpaired) electrons. The summed E-state index contributed by atoms with van der Waals surface area (Å²) in [5.41, 5.74) is 3.84. The first kappa shape index (κ1) is 19.8. The van der Waals surface area contributed by atoms with Crippen molar-refractivity contribution in [3.8, 4) is 11.5 Å². The summed E-state index contributed by atoms with van der Waals surface area (Å²) in [4.78, 5) is 13.9. The number of hydrogen-bond donors (Lipinski definition) is 2. The number of halogens is 1. The number of nitrogens with zero attached hydrogens (tertiary/aromatic N) is 2. The molecule has 0 heterocycles. The van der Waals surface area contributed by atoms with Crippen LogP contribution in [0, 0.1) is 0 Å². The van der Waals surface area contributed by atoms with Gasteiger partial charge in [0.05, 0.1) is 6.21 Å². The Morgan fingerprint density at radius 3 is 2.69 bits per heavy atom. The van der Waals surface area contributed by atoms with Crippen molar-refractivity contribution in [2.45, 2.75) is 13.8 Å². The van der Waals surface area contributed by atoms with Crippen molar-refractivity contribution in [3.05, 3.63) is 52.5 Å². The average molecular weight is 420 g/mol. The van der Waals surface area contributed by atoms with Crippen LogP contribution < -0.4 is 15.1 Å². The number of hydrazone groups is 1. The third kappa shape index (κ3) is 5.77. The third-order valence-electron chi connectivity index (χ3n) is 3.70.